The standard InChI is InChI=1S/C20H21ClN4O/c1-26-18-9-5-3-6-15(18)10-11-22-19-12-20(25-14-24-19)23-13-16-7-2-4-8-17(16)21/h2-9,12,14H,10-11,13H2,1H3,(H2,22,23,24,25). The highest BCUT2D eigenvalue weighted by molar-refractivity contribution is 6.31. The molecule has 0 spiro atoms. The van der Waals surface area contributed by atoms with Crippen molar-refractivity contribution in [1.82, 2.24) is 9.97 Å². The maximum absolute atomic E-state index is 6.18. The summed E-state index contributed by atoms with van der Waals surface area (Å²) < 4.78 is 5.38. The predicted octanol–water partition coefficient (Wildman–Crippen LogP) is 4.41. The number of aromatic nitrogens is 2. The monoisotopic (exact) mass is 368 g/mol. The van der Waals surface area contributed by atoms with Crippen LogP contribution in [-0.4, -0.2) is 23.6 Å². The number of benzene rings is 2. The van der Waals surface area contributed by atoms with E-state index in [-0.39, 0.29) is 0 Å². The lowest BCUT2D eigenvalue weighted by Gasteiger charge is -2.11. The van der Waals surface area contributed by atoms with Crippen LogP contribution in [0.4, 0.5) is 11.6 Å². The van der Waals surface area contributed by atoms with Crippen LogP contribution in [0.25, 0.3) is 0 Å². The molecule has 5 nitrogen and oxygen atoms in total. The molecule has 0 bridgehead atoms. The van der Waals surface area contributed by atoms with Gasteiger partial charge in [0.25, 0.3) is 0 Å². The summed E-state index contributed by atoms with van der Waals surface area (Å²) in [6, 6.07) is 17.7. The Morgan fingerprint density at radius 1 is 0.923 bits per heavy atom. The third-order valence-corrected chi connectivity index (χ3v) is 4.35. The normalized spacial score (nSPS) is 10.4. The van der Waals surface area contributed by atoms with Gasteiger partial charge in [-0.15, -0.1) is 0 Å². The van der Waals surface area contributed by atoms with E-state index < -0.39 is 0 Å². The van der Waals surface area contributed by atoms with Crippen molar-refractivity contribution in [2.24, 2.45) is 0 Å². The van der Waals surface area contributed by atoms with E-state index in [9.17, 15) is 0 Å². The summed E-state index contributed by atoms with van der Waals surface area (Å²) in [4.78, 5) is 8.52. The highest BCUT2D eigenvalue weighted by atomic mass is 35.5. The van der Waals surface area contributed by atoms with Gasteiger partial charge in [-0.05, 0) is 29.7 Å². The minimum Gasteiger partial charge on any atom is -0.496 e. The van der Waals surface area contributed by atoms with Gasteiger partial charge in [0.1, 0.15) is 23.7 Å². The fourth-order valence-electron chi connectivity index (χ4n) is 2.61. The first-order valence-electron chi connectivity index (χ1n) is 8.41. The number of nitrogens with zero attached hydrogens (tertiary/aromatic N) is 2. The molecule has 2 aromatic carbocycles. The molecule has 0 aliphatic carbocycles. The summed E-state index contributed by atoms with van der Waals surface area (Å²) >= 11 is 6.18. The highest BCUT2D eigenvalue weighted by Crippen LogP contribution is 2.19. The van der Waals surface area contributed by atoms with Crippen molar-refractivity contribution in [2.75, 3.05) is 24.3 Å². The van der Waals surface area contributed by atoms with Crippen LogP contribution in [-0.2, 0) is 13.0 Å². The SMILES string of the molecule is COc1ccccc1CCNc1cc(NCc2ccccc2Cl)ncn1. The van der Waals surface area contributed by atoms with Gasteiger partial charge in [-0.3, -0.25) is 0 Å². The van der Waals surface area contributed by atoms with E-state index in [1.165, 1.54) is 0 Å². The van der Waals surface area contributed by atoms with Crippen molar-refractivity contribution in [3.05, 3.63) is 77.1 Å². The minimum atomic E-state index is 0.608. The van der Waals surface area contributed by atoms with Gasteiger partial charge >= 0.3 is 0 Å². The van der Waals surface area contributed by atoms with Crippen molar-refractivity contribution in [2.45, 2.75) is 13.0 Å². The summed E-state index contributed by atoms with van der Waals surface area (Å²) in [5, 5.41) is 7.33. The molecule has 1 heterocycles. The number of anilines is 2. The van der Waals surface area contributed by atoms with Gasteiger partial charge in [0.2, 0.25) is 0 Å². The van der Waals surface area contributed by atoms with Crippen LogP contribution in [0.3, 0.4) is 0 Å². The summed E-state index contributed by atoms with van der Waals surface area (Å²) in [5.74, 6) is 2.43. The third-order valence-electron chi connectivity index (χ3n) is 3.98. The molecule has 0 atom stereocenters. The van der Waals surface area contributed by atoms with Crippen molar-refractivity contribution in [3.8, 4) is 5.75 Å². The Bertz CT molecular complexity index is 856. The first-order chi connectivity index (χ1) is 12.8. The maximum Gasteiger partial charge on any atom is 0.131 e. The molecule has 0 fully saturated rings. The van der Waals surface area contributed by atoms with Crippen LogP contribution < -0.4 is 15.4 Å². The molecule has 2 N–H and O–H groups in total. The van der Waals surface area contributed by atoms with Gasteiger partial charge in [-0.1, -0.05) is 48.0 Å². The van der Waals surface area contributed by atoms with Crippen LogP contribution in [0.5, 0.6) is 5.75 Å². The molecule has 26 heavy (non-hydrogen) atoms. The number of ether oxygens (including phenoxy) is 1. The molecule has 3 rings (SSSR count). The largest absolute Gasteiger partial charge is 0.496 e. The van der Waals surface area contributed by atoms with Crippen LogP contribution in [0.1, 0.15) is 11.1 Å². The molecule has 0 saturated heterocycles. The second kappa shape index (κ2) is 9.06. The van der Waals surface area contributed by atoms with Crippen LogP contribution >= 0.6 is 11.6 Å². The average molecular weight is 369 g/mol. The Labute approximate surface area is 158 Å². The van der Waals surface area contributed by atoms with E-state index in [1.54, 1.807) is 13.4 Å². The van der Waals surface area contributed by atoms with Crippen molar-refractivity contribution < 1.29 is 4.74 Å². The minimum absolute atomic E-state index is 0.608. The number of halogens is 1. The lowest BCUT2D eigenvalue weighted by atomic mass is 10.1. The van der Waals surface area contributed by atoms with E-state index in [2.05, 4.69) is 26.7 Å². The number of rotatable bonds is 8. The molecule has 0 radical (unpaired) electrons. The molecule has 0 aliphatic heterocycles. The van der Waals surface area contributed by atoms with Crippen LogP contribution in [0, 0.1) is 0 Å². The highest BCUT2D eigenvalue weighted by Gasteiger charge is 2.03. The van der Waals surface area contributed by atoms with Crippen molar-refractivity contribution in [1.29, 1.82) is 0 Å². The quantitative estimate of drug-likeness (QED) is 0.617. The van der Waals surface area contributed by atoms with E-state index in [0.29, 0.717) is 6.54 Å². The number of nitrogens with one attached hydrogen (secondary N) is 2. The molecule has 134 valence electrons. The fourth-order valence-corrected chi connectivity index (χ4v) is 2.82. The number of methoxy groups -OCH3 is 1. The zero-order valence-corrected chi connectivity index (χ0v) is 15.3. The van der Waals surface area contributed by atoms with Gasteiger partial charge in [-0.25, -0.2) is 9.97 Å². The Morgan fingerprint density at radius 2 is 1.62 bits per heavy atom. The molecular weight excluding hydrogens is 348 g/mol. The van der Waals surface area contributed by atoms with Crippen LogP contribution in [0.15, 0.2) is 60.9 Å². The molecule has 0 saturated carbocycles. The maximum atomic E-state index is 6.18. The number of hydrogen-bond acceptors (Lipinski definition) is 5. The summed E-state index contributed by atoms with van der Waals surface area (Å²) in [6.45, 7) is 1.36. The average Bonchev–Trinajstić information content (AvgIpc) is 2.68. The first-order valence-corrected chi connectivity index (χ1v) is 8.79. The topological polar surface area (TPSA) is 59.1 Å². The van der Waals surface area contributed by atoms with E-state index in [1.807, 2.05) is 48.5 Å². The molecule has 1 aromatic heterocycles. The summed E-state index contributed by atoms with van der Waals surface area (Å²) in [5.41, 5.74) is 2.19. The van der Waals surface area contributed by atoms with E-state index >= 15 is 0 Å². The number of hydrogen-bond donors (Lipinski definition) is 2. The molecule has 0 aliphatic rings. The zero-order valence-electron chi connectivity index (χ0n) is 14.6. The molecule has 0 amide bonds. The van der Waals surface area contributed by atoms with Gasteiger partial charge in [0.05, 0.1) is 7.11 Å². The van der Waals surface area contributed by atoms with Gasteiger partial charge in [0.15, 0.2) is 0 Å². The Morgan fingerprint density at radius 3 is 2.38 bits per heavy atom. The Hall–Kier alpha value is -2.79. The lowest BCUT2D eigenvalue weighted by molar-refractivity contribution is 0.410. The molecular formula is C20H21ClN4O. The smallest absolute Gasteiger partial charge is 0.131 e. The number of para-hydroxylation sites is 1. The van der Waals surface area contributed by atoms with Crippen molar-refractivity contribution >= 4 is 23.2 Å². The third kappa shape index (κ3) is 4.86. The van der Waals surface area contributed by atoms with Gasteiger partial charge < -0.3 is 15.4 Å². The lowest BCUT2D eigenvalue weighted by Crippen LogP contribution is -2.08. The zero-order chi connectivity index (χ0) is 18.2. The van der Waals surface area contributed by atoms with E-state index in [4.69, 9.17) is 16.3 Å². The second-order valence-corrected chi connectivity index (χ2v) is 6.13. The molecule has 0 unspecified atom stereocenters. The summed E-state index contributed by atoms with van der Waals surface area (Å²) in [7, 11) is 1.69. The van der Waals surface area contributed by atoms with Crippen molar-refractivity contribution in [3.63, 3.8) is 0 Å². The predicted molar refractivity (Wildman–Crippen MR) is 106 cm³/mol. The fraction of sp³-hybridized carbons (Fsp3) is 0.200. The van der Waals surface area contributed by atoms with Crippen LogP contribution in [0.2, 0.25) is 5.02 Å². The van der Waals surface area contributed by atoms with E-state index in [0.717, 1.165) is 46.5 Å². The molecule has 3 aromatic rings. The summed E-state index contributed by atoms with van der Waals surface area (Å²) in [6.07, 6.45) is 2.39. The Balaban J connectivity index is 1.55. The van der Waals surface area contributed by atoms with Gasteiger partial charge in [-0.2, -0.15) is 0 Å². The van der Waals surface area contributed by atoms with Gasteiger partial charge in [0, 0.05) is 24.2 Å². The molecule has 6 heteroatoms. The second-order valence-electron chi connectivity index (χ2n) is 5.72. The Kier molecular flexibility index (Phi) is 6.28. The first kappa shape index (κ1) is 18.0.